The standard InChI is InChI=1S/C18H26N4O8/c1-13(23)21(29-9-10-30-22(26)27)8-7-19-11-14(24)12-28-17-4-2-3-16-15(17)5-6-18(25)20-16/h2-4,14,19,24H,5-12H2,1H3,(H,20,25). The quantitative estimate of drug-likeness (QED) is 0.223. The van der Waals surface area contributed by atoms with E-state index in [0.717, 1.165) is 16.3 Å². The molecular formula is C18H26N4O8. The first kappa shape index (κ1) is 23.3. The van der Waals surface area contributed by atoms with Gasteiger partial charge in [-0.3, -0.25) is 14.4 Å². The Hall–Kier alpha value is -2.96. The fourth-order valence-corrected chi connectivity index (χ4v) is 2.79. The molecule has 0 fully saturated rings. The normalized spacial score (nSPS) is 13.7. The molecule has 1 aromatic rings. The SMILES string of the molecule is CC(=O)N(CCNCC(O)COc1cccc2c1CCC(=O)N2)OCCO[N+](=O)[O-]. The Labute approximate surface area is 173 Å². The third-order valence-electron chi connectivity index (χ3n) is 4.19. The summed E-state index contributed by atoms with van der Waals surface area (Å²) in [7, 11) is 0. The number of aliphatic hydroxyl groups is 1. The van der Waals surface area contributed by atoms with Crippen LogP contribution in [0.4, 0.5) is 5.69 Å². The number of hydroxylamine groups is 2. The molecule has 12 heteroatoms. The van der Waals surface area contributed by atoms with Crippen LogP contribution in [0.25, 0.3) is 0 Å². The van der Waals surface area contributed by atoms with Gasteiger partial charge in [0.05, 0.1) is 13.2 Å². The van der Waals surface area contributed by atoms with Crippen molar-refractivity contribution in [1.82, 2.24) is 10.4 Å². The summed E-state index contributed by atoms with van der Waals surface area (Å²) < 4.78 is 5.70. The zero-order valence-corrected chi connectivity index (χ0v) is 16.7. The number of nitrogens with zero attached hydrogens (tertiary/aromatic N) is 2. The van der Waals surface area contributed by atoms with Crippen molar-refractivity contribution >= 4 is 17.5 Å². The van der Waals surface area contributed by atoms with Crippen LogP contribution in [-0.4, -0.2) is 72.6 Å². The van der Waals surface area contributed by atoms with E-state index >= 15 is 0 Å². The molecule has 166 valence electrons. The largest absolute Gasteiger partial charge is 0.490 e. The molecule has 1 unspecified atom stereocenters. The molecule has 0 aromatic heterocycles. The number of fused-ring (bicyclic) bond motifs is 1. The van der Waals surface area contributed by atoms with Gasteiger partial charge in [0.15, 0.2) is 0 Å². The maximum absolute atomic E-state index is 11.5. The maximum Gasteiger partial charge on any atom is 0.294 e. The van der Waals surface area contributed by atoms with Gasteiger partial charge in [-0.05, 0) is 18.6 Å². The van der Waals surface area contributed by atoms with E-state index in [9.17, 15) is 24.8 Å². The minimum Gasteiger partial charge on any atom is -0.490 e. The number of benzene rings is 1. The van der Waals surface area contributed by atoms with Crippen LogP contribution < -0.4 is 15.4 Å². The molecular weight excluding hydrogens is 400 g/mol. The lowest BCUT2D eigenvalue weighted by atomic mass is 10.0. The van der Waals surface area contributed by atoms with E-state index in [1.54, 1.807) is 12.1 Å². The van der Waals surface area contributed by atoms with Crippen LogP contribution in [-0.2, 0) is 25.7 Å². The number of nitrogens with one attached hydrogen (secondary N) is 2. The monoisotopic (exact) mass is 426 g/mol. The minimum atomic E-state index is -0.937. The van der Waals surface area contributed by atoms with Gasteiger partial charge >= 0.3 is 0 Å². The van der Waals surface area contributed by atoms with Gasteiger partial charge in [-0.25, -0.2) is 5.06 Å². The minimum absolute atomic E-state index is 0.0298. The molecule has 2 amide bonds. The first-order chi connectivity index (χ1) is 14.4. The average molecular weight is 426 g/mol. The summed E-state index contributed by atoms with van der Waals surface area (Å²) in [6.45, 7) is 1.68. The molecule has 0 aliphatic carbocycles. The van der Waals surface area contributed by atoms with Crippen molar-refractivity contribution in [1.29, 1.82) is 0 Å². The zero-order chi connectivity index (χ0) is 21.9. The van der Waals surface area contributed by atoms with Crippen LogP contribution in [0.3, 0.4) is 0 Å². The van der Waals surface area contributed by atoms with Crippen molar-refractivity contribution in [3.8, 4) is 5.75 Å². The predicted molar refractivity (Wildman–Crippen MR) is 104 cm³/mol. The highest BCUT2D eigenvalue weighted by molar-refractivity contribution is 5.94. The maximum atomic E-state index is 11.5. The molecule has 1 atom stereocenters. The van der Waals surface area contributed by atoms with Crippen molar-refractivity contribution in [3.05, 3.63) is 33.9 Å². The Bertz CT molecular complexity index is 745. The molecule has 12 nitrogen and oxygen atoms in total. The molecule has 0 saturated carbocycles. The molecule has 3 N–H and O–H groups in total. The number of aliphatic hydroxyl groups excluding tert-OH is 1. The summed E-state index contributed by atoms with van der Waals surface area (Å²) in [6, 6.07) is 5.38. The van der Waals surface area contributed by atoms with Crippen LogP contribution >= 0.6 is 0 Å². The summed E-state index contributed by atoms with van der Waals surface area (Å²) in [4.78, 5) is 42.3. The molecule has 1 aromatic carbocycles. The third-order valence-corrected chi connectivity index (χ3v) is 4.19. The highest BCUT2D eigenvalue weighted by Gasteiger charge is 2.19. The number of amides is 2. The Kier molecular flexibility index (Phi) is 9.25. The van der Waals surface area contributed by atoms with Crippen molar-refractivity contribution in [2.45, 2.75) is 25.9 Å². The number of hydrogen-bond donors (Lipinski definition) is 3. The van der Waals surface area contributed by atoms with Gasteiger partial charge in [0, 0.05) is 37.7 Å². The van der Waals surface area contributed by atoms with E-state index in [0.29, 0.717) is 25.1 Å². The second kappa shape index (κ2) is 11.9. The molecule has 1 heterocycles. The molecule has 0 spiro atoms. The fourth-order valence-electron chi connectivity index (χ4n) is 2.79. The van der Waals surface area contributed by atoms with Gasteiger partial charge in [0.2, 0.25) is 11.8 Å². The molecule has 1 aliphatic rings. The van der Waals surface area contributed by atoms with Crippen molar-refractivity contribution in [3.63, 3.8) is 0 Å². The topological polar surface area (TPSA) is 153 Å². The third kappa shape index (κ3) is 7.81. The summed E-state index contributed by atoms with van der Waals surface area (Å²) in [6.07, 6.45) is 0.183. The van der Waals surface area contributed by atoms with E-state index in [2.05, 4.69) is 15.5 Å². The Morgan fingerprint density at radius 3 is 2.93 bits per heavy atom. The van der Waals surface area contributed by atoms with E-state index in [1.807, 2.05) is 6.07 Å². The predicted octanol–water partition coefficient (Wildman–Crippen LogP) is -0.111. The van der Waals surface area contributed by atoms with Gasteiger partial charge < -0.3 is 25.3 Å². The Morgan fingerprint density at radius 2 is 2.20 bits per heavy atom. The number of carbonyl (C=O) groups excluding carboxylic acids is 2. The Morgan fingerprint density at radius 1 is 1.40 bits per heavy atom. The smallest absolute Gasteiger partial charge is 0.294 e. The second-order valence-corrected chi connectivity index (χ2v) is 6.51. The van der Waals surface area contributed by atoms with Crippen molar-refractivity contribution < 1.29 is 34.2 Å². The molecule has 0 saturated heterocycles. The van der Waals surface area contributed by atoms with E-state index in [4.69, 9.17) is 9.57 Å². The first-order valence-corrected chi connectivity index (χ1v) is 9.48. The van der Waals surface area contributed by atoms with E-state index < -0.39 is 11.2 Å². The highest BCUT2D eigenvalue weighted by atomic mass is 17.0. The molecule has 0 radical (unpaired) electrons. The number of carbonyl (C=O) groups is 2. The zero-order valence-electron chi connectivity index (χ0n) is 16.7. The van der Waals surface area contributed by atoms with Crippen LogP contribution in [0.5, 0.6) is 5.75 Å². The van der Waals surface area contributed by atoms with Gasteiger partial charge in [-0.1, -0.05) is 6.07 Å². The first-order valence-electron chi connectivity index (χ1n) is 9.48. The fraction of sp³-hybridized carbons (Fsp3) is 0.556. The van der Waals surface area contributed by atoms with Crippen molar-refractivity contribution in [2.75, 3.05) is 44.8 Å². The van der Waals surface area contributed by atoms with Crippen LogP contribution in [0.15, 0.2) is 18.2 Å². The van der Waals surface area contributed by atoms with E-state index in [-0.39, 0.29) is 44.7 Å². The van der Waals surface area contributed by atoms with Gasteiger partial charge in [-0.2, -0.15) is 0 Å². The van der Waals surface area contributed by atoms with Gasteiger partial charge in [0.25, 0.3) is 5.09 Å². The lowest BCUT2D eigenvalue weighted by Gasteiger charge is -2.22. The lowest BCUT2D eigenvalue weighted by Crippen LogP contribution is -2.39. The van der Waals surface area contributed by atoms with Crippen LogP contribution in [0.2, 0.25) is 0 Å². The average Bonchev–Trinajstić information content (AvgIpc) is 2.70. The number of hydrogen-bond acceptors (Lipinski definition) is 9. The van der Waals surface area contributed by atoms with Crippen LogP contribution in [0.1, 0.15) is 18.9 Å². The molecule has 0 bridgehead atoms. The summed E-state index contributed by atoms with van der Waals surface area (Å²) in [5.41, 5.74) is 1.64. The summed E-state index contributed by atoms with van der Waals surface area (Å²) in [5.74, 6) is 0.236. The van der Waals surface area contributed by atoms with Crippen LogP contribution in [0, 0.1) is 10.1 Å². The lowest BCUT2D eigenvalue weighted by molar-refractivity contribution is -0.758. The number of rotatable bonds is 13. The molecule has 30 heavy (non-hydrogen) atoms. The summed E-state index contributed by atoms with van der Waals surface area (Å²) in [5, 5.41) is 26.1. The highest BCUT2D eigenvalue weighted by Crippen LogP contribution is 2.31. The second-order valence-electron chi connectivity index (χ2n) is 6.51. The van der Waals surface area contributed by atoms with Gasteiger partial charge in [0.1, 0.15) is 25.1 Å². The number of ether oxygens (including phenoxy) is 1. The molecule has 2 rings (SSSR count). The van der Waals surface area contributed by atoms with Crippen molar-refractivity contribution in [2.24, 2.45) is 0 Å². The number of anilines is 1. The Balaban J connectivity index is 1.67. The summed E-state index contributed by atoms with van der Waals surface area (Å²) >= 11 is 0. The van der Waals surface area contributed by atoms with Gasteiger partial charge in [-0.15, -0.1) is 10.1 Å². The van der Waals surface area contributed by atoms with E-state index in [1.165, 1.54) is 6.92 Å². The molecule has 1 aliphatic heterocycles.